The van der Waals surface area contributed by atoms with Gasteiger partial charge in [-0.1, -0.05) is 17.7 Å². The zero-order valence-electron chi connectivity index (χ0n) is 20.7. The third-order valence-corrected chi connectivity index (χ3v) is 7.36. The summed E-state index contributed by atoms with van der Waals surface area (Å²) in [6.45, 7) is 2.26. The zero-order valence-corrected chi connectivity index (χ0v) is 21.5. The van der Waals surface area contributed by atoms with Crippen LogP contribution in [0.4, 0.5) is 33.3 Å². The summed E-state index contributed by atoms with van der Waals surface area (Å²) in [5, 5.41) is 12.5. The minimum absolute atomic E-state index is 0.0589. The van der Waals surface area contributed by atoms with Crippen molar-refractivity contribution in [3.63, 3.8) is 0 Å². The molecule has 2 fully saturated rings. The second kappa shape index (κ2) is 12.1. The van der Waals surface area contributed by atoms with Gasteiger partial charge >= 0.3 is 6.18 Å². The molecular formula is C26H30ClF5N4O2. The predicted octanol–water partition coefficient (Wildman–Crippen LogP) is 4.90. The van der Waals surface area contributed by atoms with Gasteiger partial charge < -0.3 is 15.3 Å². The number of carbonyl (C=O) groups is 1. The van der Waals surface area contributed by atoms with E-state index in [2.05, 4.69) is 5.32 Å². The third-order valence-electron chi connectivity index (χ3n) is 7.12. The highest BCUT2D eigenvalue weighted by Gasteiger charge is 2.30. The van der Waals surface area contributed by atoms with Gasteiger partial charge in [0.15, 0.2) is 11.6 Å². The lowest BCUT2D eigenvalue weighted by atomic mass is 10.1. The van der Waals surface area contributed by atoms with E-state index >= 15 is 0 Å². The summed E-state index contributed by atoms with van der Waals surface area (Å²) >= 11 is 6.17. The Balaban J connectivity index is 1.45. The Hall–Kier alpha value is -2.47. The standard InChI is InChI=1S/C26H30ClF5N4O2/c27-18-4-6-21(22(14-18)35-12-10-34(11-13-35)9-7-26(30,31)32)33-25(38)20-5-3-17(23(28)24(20)29)15-36-8-1-2-19(36)16-37/h3-6,14,19,37H,1-2,7-13,15-16H2,(H,33,38)/t19-/m1/s1. The van der Waals surface area contributed by atoms with E-state index in [4.69, 9.17) is 11.6 Å². The van der Waals surface area contributed by atoms with Crippen LogP contribution in [0.2, 0.25) is 5.02 Å². The molecule has 6 nitrogen and oxygen atoms in total. The van der Waals surface area contributed by atoms with Crippen molar-refractivity contribution in [1.29, 1.82) is 0 Å². The maximum Gasteiger partial charge on any atom is 0.390 e. The molecule has 0 spiro atoms. The SMILES string of the molecule is O=C(Nc1ccc(Cl)cc1N1CCN(CCC(F)(F)F)CC1)c1ccc(CN2CCC[C@@H]2CO)c(F)c1F. The van der Waals surface area contributed by atoms with Gasteiger partial charge in [0.05, 0.1) is 30.0 Å². The quantitative estimate of drug-likeness (QED) is 0.450. The second-order valence-corrected chi connectivity index (χ2v) is 10.1. The molecule has 0 radical (unpaired) electrons. The molecule has 2 N–H and O–H groups in total. The van der Waals surface area contributed by atoms with E-state index in [1.165, 1.54) is 12.1 Å². The molecule has 2 heterocycles. The number of hydrogen-bond acceptors (Lipinski definition) is 5. The molecule has 0 aromatic heterocycles. The van der Waals surface area contributed by atoms with Crippen LogP contribution in [-0.4, -0.2) is 78.9 Å². The van der Waals surface area contributed by atoms with E-state index in [0.717, 1.165) is 12.8 Å². The number of likely N-dealkylation sites (tertiary alicyclic amines) is 1. The van der Waals surface area contributed by atoms with E-state index < -0.39 is 35.7 Å². The smallest absolute Gasteiger partial charge is 0.390 e. The lowest BCUT2D eigenvalue weighted by Crippen LogP contribution is -2.47. The number of aliphatic hydroxyl groups is 1. The molecule has 2 aromatic rings. The maximum atomic E-state index is 15.0. The largest absolute Gasteiger partial charge is 0.395 e. The van der Waals surface area contributed by atoms with Crippen LogP contribution < -0.4 is 10.2 Å². The molecule has 1 atom stereocenters. The Morgan fingerprint density at radius 1 is 1.05 bits per heavy atom. The first-order valence-electron chi connectivity index (χ1n) is 12.5. The van der Waals surface area contributed by atoms with Crippen LogP contribution >= 0.6 is 11.6 Å². The van der Waals surface area contributed by atoms with Gasteiger partial charge in [-0.2, -0.15) is 13.2 Å². The average Bonchev–Trinajstić information content (AvgIpc) is 3.33. The molecule has 0 unspecified atom stereocenters. The summed E-state index contributed by atoms with van der Waals surface area (Å²) in [6.07, 6.45) is -3.45. The molecule has 38 heavy (non-hydrogen) atoms. The molecular weight excluding hydrogens is 531 g/mol. The molecule has 0 saturated carbocycles. The van der Waals surface area contributed by atoms with Crippen molar-refractivity contribution in [1.82, 2.24) is 9.80 Å². The first kappa shape index (κ1) is 28.5. The van der Waals surface area contributed by atoms with Crippen molar-refractivity contribution >= 4 is 28.9 Å². The summed E-state index contributed by atoms with van der Waals surface area (Å²) < 4.78 is 67.5. The van der Waals surface area contributed by atoms with E-state index in [9.17, 15) is 31.9 Å². The normalized spacial score (nSPS) is 19.2. The Bertz CT molecular complexity index is 1140. The van der Waals surface area contributed by atoms with Crippen molar-refractivity contribution in [3.05, 3.63) is 58.1 Å². The van der Waals surface area contributed by atoms with Crippen LogP contribution in [0.1, 0.15) is 35.2 Å². The Kier molecular flexibility index (Phi) is 9.12. The monoisotopic (exact) mass is 560 g/mol. The van der Waals surface area contributed by atoms with Gasteiger partial charge in [0.25, 0.3) is 5.91 Å². The number of rotatable bonds is 8. The van der Waals surface area contributed by atoms with Crippen molar-refractivity contribution in [2.45, 2.75) is 38.0 Å². The number of anilines is 2. The second-order valence-electron chi connectivity index (χ2n) is 9.66. The molecule has 4 rings (SSSR count). The topological polar surface area (TPSA) is 59.1 Å². The third kappa shape index (κ3) is 6.93. The highest BCUT2D eigenvalue weighted by atomic mass is 35.5. The highest BCUT2D eigenvalue weighted by molar-refractivity contribution is 6.31. The molecule has 0 bridgehead atoms. The van der Waals surface area contributed by atoms with E-state index in [1.807, 2.05) is 9.80 Å². The van der Waals surface area contributed by atoms with E-state index in [-0.39, 0.29) is 31.3 Å². The van der Waals surface area contributed by atoms with Crippen LogP contribution in [0.15, 0.2) is 30.3 Å². The number of alkyl halides is 3. The van der Waals surface area contributed by atoms with E-state index in [1.54, 1.807) is 23.1 Å². The summed E-state index contributed by atoms with van der Waals surface area (Å²) in [7, 11) is 0. The molecule has 12 heteroatoms. The van der Waals surface area contributed by atoms with Gasteiger partial charge in [0, 0.05) is 55.9 Å². The Labute approximate surface area is 223 Å². The maximum absolute atomic E-state index is 15.0. The van der Waals surface area contributed by atoms with Gasteiger partial charge in [-0.3, -0.25) is 14.6 Å². The highest BCUT2D eigenvalue weighted by Crippen LogP contribution is 2.32. The van der Waals surface area contributed by atoms with Crippen LogP contribution in [0.5, 0.6) is 0 Å². The molecule has 2 aliphatic heterocycles. The number of aliphatic hydroxyl groups excluding tert-OH is 1. The molecule has 1 amide bonds. The average molecular weight is 561 g/mol. The number of nitrogens with one attached hydrogen (secondary N) is 1. The molecule has 208 valence electrons. The van der Waals surface area contributed by atoms with Gasteiger partial charge in [-0.05, 0) is 43.7 Å². The number of piperazine rings is 1. The predicted molar refractivity (Wildman–Crippen MR) is 136 cm³/mol. The molecule has 2 aliphatic rings. The fourth-order valence-corrected chi connectivity index (χ4v) is 5.14. The van der Waals surface area contributed by atoms with Gasteiger partial charge in [0.1, 0.15) is 0 Å². The Morgan fingerprint density at radius 3 is 2.47 bits per heavy atom. The van der Waals surface area contributed by atoms with Crippen LogP contribution in [0.25, 0.3) is 0 Å². The van der Waals surface area contributed by atoms with Gasteiger partial charge in [-0.25, -0.2) is 8.78 Å². The van der Waals surface area contributed by atoms with E-state index in [0.29, 0.717) is 49.1 Å². The molecule has 0 aliphatic carbocycles. The van der Waals surface area contributed by atoms with Crippen LogP contribution in [0.3, 0.4) is 0 Å². The van der Waals surface area contributed by atoms with Crippen molar-refractivity contribution < 1.29 is 31.9 Å². The number of nitrogens with zero attached hydrogens (tertiary/aromatic N) is 3. The first-order chi connectivity index (χ1) is 18.1. The van der Waals surface area contributed by atoms with Crippen molar-refractivity contribution in [3.8, 4) is 0 Å². The molecule has 2 aromatic carbocycles. The minimum atomic E-state index is -4.22. The van der Waals surface area contributed by atoms with Crippen molar-refractivity contribution in [2.75, 3.05) is 56.1 Å². The van der Waals surface area contributed by atoms with Gasteiger partial charge in [0.2, 0.25) is 0 Å². The summed E-state index contributed by atoms with van der Waals surface area (Å²) in [5.74, 6) is -3.20. The lowest BCUT2D eigenvalue weighted by molar-refractivity contribution is -0.138. The van der Waals surface area contributed by atoms with Crippen LogP contribution in [0, 0.1) is 11.6 Å². The first-order valence-corrected chi connectivity index (χ1v) is 12.9. The number of benzene rings is 2. The fourth-order valence-electron chi connectivity index (χ4n) is 4.97. The number of halogens is 6. The molecule has 2 saturated heterocycles. The van der Waals surface area contributed by atoms with Crippen molar-refractivity contribution in [2.24, 2.45) is 0 Å². The zero-order chi connectivity index (χ0) is 27.4. The number of amides is 1. The minimum Gasteiger partial charge on any atom is -0.395 e. The van der Waals surface area contributed by atoms with Gasteiger partial charge in [-0.15, -0.1) is 0 Å². The summed E-state index contributed by atoms with van der Waals surface area (Å²) in [5.41, 5.74) is 0.525. The van der Waals surface area contributed by atoms with Crippen LogP contribution in [-0.2, 0) is 6.54 Å². The fraction of sp³-hybridized carbons (Fsp3) is 0.500. The summed E-state index contributed by atoms with van der Waals surface area (Å²) in [4.78, 5) is 18.5. The number of carbonyl (C=O) groups excluding carboxylic acids is 1. The Morgan fingerprint density at radius 2 is 1.79 bits per heavy atom. The summed E-state index contributed by atoms with van der Waals surface area (Å²) in [6, 6.07) is 7.24. The lowest BCUT2D eigenvalue weighted by Gasteiger charge is -2.37. The number of hydrogen-bond donors (Lipinski definition) is 2.